The van der Waals surface area contributed by atoms with Crippen LogP contribution in [0.1, 0.15) is 17.4 Å². The molecular formula is C10H11Cl2N5. The number of nitrogens with zero attached hydrogens (tertiary/aromatic N) is 2. The fourth-order valence-corrected chi connectivity index (χ4v) is 1.94. The maximum atomic E-state index is 6.11. The summed E-state index contributed by atoms with van der Waals surface area (Å²) in [6, 6.07) is 5.30. The molecule has 1 aromatic heterocycles. The summed E-state index contributed by atoms with van der Waals surface area (Å²) in [6.07, 6.45) is 2.00. The number of hydrogen-bond donors (Lipinski definition) is 3. The van der Waals surface area contributed by atoms with E-state index in [1.165, 1.54) is 6.33 Å². The van der Waals surface area contributed by atoms with E-state index in [4.69, 9.17) is 29.0 Å². The lowest BCUT2D eigenvalue weighted by Crippen LogP contribution is -2.30. The van der Waals surface area contributed by atoms with Gasteiger partial charge in [-0.05, 0) is 18.1 Å². The molecule has 1 unspecified atom stereocenters. The second-order valence-electron chi connectivity index (χ2n) is 3.51. The number of rotatable bonds is 4. The summed E-state index contributed by atoms with van der Waals surface area (Å²) >= 11 is 12.1. The Morgan fingerprint density at radius 1 is 1.41 bits per heavy atom. The maximum Gasteiger partial charge on any atom is 0.143 e. The standard InChI is InChI=1S/C10H11Cl2N5/c11-7-3-1-2-6(9(7)12)4-8(16-13)10-14-5-15-17-10/h1-3,5,8,16H,4,13H2,(H,14,15,17). The quantitative estimate of drug-likeness (QED) is 0.586. The van der Waals surface area contributed by atoms with Crippen molar-refractivity contribution in [1.82, 2.24) is 20.6 Å². The van der Waals surface area contributed by atoms with Gasteiger partial charge >= 0.3 is 0 Å². The maximum absolute atomic E-state index is 6.11. The van der Waals surface area contributed by atoms with Crippen LogP contribution in [0.25, 0.3) is 0 Å². The third kappa shape index (κ3) is 2.76. The normalized spacial score (nSPS) is 12.6. The van der Waals surface area contributed by atoms with E-state index < -0.39 is 0 Å². The fourth-order valence-electron chi connectivity index (χ4n) is 1.54. The van der Waals surface area contributed by atoms with Crippen LogP contribution in [-0.2, 0) is 6.42 Å². The third-order valence-corrected chi connectivity index (χ3v) is 3.28. The average Bonchev–Trinajstić information content (AvgIpc) is 2.85. The number of aromatic nitrogens is 3. The van der Waals surface area contributed by atoms with Crippen molar-refractivity contribution in [1.29, 1.82) is 0 Å². The van der Waals surface area contributed by atoms with E-state index in [0.717, 1.165) is 5.56 Å². The predicted octanol–water partition coefficient (Wildman–Crippen LogP) is 1.86. The van der Waals surface area contributed by atoms with E-state index in [-0.39, 0.29) is 6.04 Å². The van der Waals surface area contributed by atoms with Gasteiger partial charge in [-0.2, -0.15) is 5.10 Å². The van der Waals surface area contributed by atoms with E-state index >= 15 is 0 Å². The summed E-state index contributed by atoms with van der Waals surface area (Å²) in [4.78, 5) is 4.05. The number of benzene rings is 1. The van der Waals surface area contributed by atoms with E-state index in [9.17, 15) is 0 Å². The van der Waals surface area contributed by atoms with E-state index in [0.29, 0.717) is 22.3 Å². The van der Waals surface area contributed by atoms with E-state index in [1.807, 2.05) is 12.1 Å². The molecule has 0 saturated heterocycles. The molecule has 1 heterocycles. The van der Waals surface area contributed by atoms with Crippen LogP contribution < -0.4 is 11.3 Å². The van der Waals surface area contributed by atoms with Crippen LogP contribution >= 0.6 is 23.2 Å². The molecule has 1 aromatic carbocycles. The van der Waals surface area contributed by atoms with Gasteiger partial charge in [0.25, 0.3) is 0 Å². The number of halogens is 2. The third-order valence-electron chi connectivity index (χ3n) is 2.42. The molecule has 0 aliphatic rings. The zero-order chi connectivity index (χ0) is 12.3. The number of hydrazine groups is 1. The highest BCUT2D eigenvalue weighted by Gasteiger charge is 2.15. The minimum absolute atomic E-state index is 0.187. The predicted molar refractivity (Wildman–Crippen MR) is 66.6 cm³/mol. The van der Waals surface area contributed by atoms with Gasteiger partial charge in [0.05, 0.1) is 16.1 Å². The molecule has 1 atom stereocenters. The van der Waals surface area contributed by atoms with Crippen molar-refractivity contribution in [3.05, 3.63) is 46.0 Å². The van der Waals surface area contributed by atoms with Crippen molar-refractivity contribution in [2.45, 2.75) is 12.5 Å². The molecule has 0 bridgehead atoms. The molecule has 17 heavy (non-hydrogen) atoms. The van der Waals surface area contributed by atoms with Crippen molar-refractivity contribution < 1.29 is 0 Å². The first kappa shape index (κ1) is 12.3. The van der Waals surface area contributed by atoms with Crippen LogP contribution in [0.5, 0.6) is 0 Å². The minimum atomic E-state index is -0.187. The van der Waals surface area contributed by atoms with Crippen molar-refractivity contribution in [2.24, 2.45) is 5.84 Å². The lowest BCUT2D eigenvalue weighted by molar-refractivity contribution is 0.525. The Morgan fingerprint density at radius 2 is 2.24 bits per heavy atom. The number of nitrogens with two attached hydrogens (primary N) is 1. The summed E-state index contributed by atoms with van der Waals surface area (Å²) in [5.74, 6) is 6.14. The topological polar surface area (TPSA) is 79.6 Å². The number of H-pyrrole nitrogens is 1. The van der Waals surface area contributed by atoms with E-state index in [2.05, 4.69) is 20.6 Å². The summed E-state index contributed by atoms with van der Waals surface area (Å²) < 4.78 is 0. The molecule has 7 heteroatoms. The van der Waals surface area contributed by atoms with Gasteiger partial charge < -0.3 is 0 Å². The van der Waals surface area contributed by atoms with Crippen LogP contribution in [0.2, 0.25) is 10.0 Å². The van der Waals surface area contributed by atoms with Gasteiger partial charge in [-0.3, -0.25) is 10.9 Å². The molecule has 0 fully saturated rings. The lowest BCUT2D eigenvalue weighted by atomic mass is 10.1. The van der Waals surface area contributed by atoms with Gasteiger partial charge in [-0.15, -0.1) is 0 Å². The first-order chi connectivity index (χ1) is 8.22. The SMILES string of the molecule is NNC(Cc1cccc(Cl)c1Cl)c1ncn[nH]1. The Hall–Kier alpha value is -1.14. The van der Waals surface area contributed by atoms with Crippen molar-refractivity contribution in [3.63, 3.8) is 0 Å². The van der Waals surface area contributed by atoms with E-state index in [1.54, 1.807) is 6.07 Å². The molecule has 2 rings (SSSR count). The highest BCUT2D eigenvalue weighted by atomic mass is 35.5. The fraction of sp³-hybridized carbons (Fsp3) is 0.200. The van der Waals surface area contributed by atoms with Gasteiger partial charge in [0.1, 0.15) is 12.2 Å². The Bertz CT molecular complexity index is 485. The summed E-state index contributed by atoms with van der Waals surface area (Å²) in [5, 5.41) is 7.61. The minimum Gasteiger partial charge on any atom is -0.271 e. The second kappa shape index (κ2) is 5.46. The molecule has 0 amide bonds. The molecule has 0 saturated carbocycles. The highest BCUT2D eigenvalue weighted by Crippen LogP contribution is 2.28. The Labute approximate surface area is 108 Å². The molecule has 2 aromatic rings. The molecule has 4 N–H and O–H groups in total. The summed E-state index contributed by atoms with van der Waals surface area (Å²) in [5.41, 5.74) is 3.57. The first-order valence-corrected chi connectivity index (χ1v) is 5.72. The Kier molecular flexibility index (Phi) is 3.96. The zero-order valence-corrected chi connectivity index (χ0v) is 10.3. The Balaban J connectivity index is 2.22. The van der Waals surface area contributed by atoms with Crippen molar-refractivity contribution in [2.75, 3.05) is 0 Å². The Morgan fingerprint density at radius 3 is 2.88 bits per heavy atom. The molecule has 0 aliphatic heterocycles. The van der Waals surface area contributed by atoms with Crippen LogP contribution in [0.4, 0.5) is 0 Å². The van der Waals surface area contributed by atoms with Gasteiger partial charge in [0.2, 0.25) is 0 Å². The van der Waals surface area contributed by atoms with Crippen molar-refractivity contribution >= 4 is 23.2 Å². The van der Waals surface area contributed by atoms with Gasteiger partial charge in [0.15, 0.2) is 0 Å². The summed E-state index contributed by atoms with van der Waals surface area (Å²) in [6.45, 7) is 0. The van der Waals surface area contributed by atoms with Crippen LogP contribution in [0.3, 0.4) is 0 Å². The van der Waals surface area contributed by atoms with Crippen LogP contribution in [-0.4, -0.2) is 15.2 Å². The second-order valence-corrected chi connectivity index (χ2v) is 4.29. The lowest BCUT2D eigenvalue weighted by Gasteiger charge is -2.14. The molecule has 0 aliphatic carbocycles. The molecular weight excluding hydrogens is 261 g/mol. The van der Waals surface area contributed by atoms with Crippen LogP contribution in [0.15, 0.2) is 24.5 Å². The molecule has 5 nitrogen and oxygen atoms in total. The van der Waals surface area contributed by atoms with Gasteiger partial charge in [0, 0.05) is 0 Å². The first-order valence-electron chi connectivity index (χ1n) is 4.96. The average molecular weight is 272 g/mol. The number of nitrogens with one attached hydrogen (secondary N) is 2. The smallest absolute Gasteiger partial charge is 0.143 e. The van der Waals surface area contributed by atoms with Crippen LogP contribution in [0, 0.1) is 0 Å². The van der Waals surface area contributed by atoms with Gasteiger partial charge in [-0.25, -0.2) is 10.4 Å². The molecule has 90 valence electrons. The van der Waals surface area contributed by atoms with Gasteiger partial charge in [-0.1, -0.05) is 35.3 Å². The zero-order valence-electron chi connectivity index (χ0n) is 8.82. The number of aromatic amines is 1. The molecule has 0 radical (unpaired) electrons. The summed E-state index contributed by atoms with van der Waals surface area (Å²) in [7, 11) is 0. The highest BCUT2D eigenvalue weighted by molar-refractivity contribution is 6.42. The number of hydrogen-bond acceptors (Lipinski definition) is 4. The van der Waals surface area contributed by atoms with Crippen molar-refractivity contribution in [3.8, 4) is 0 Å². The monoisotopic (exact) mass is 271 g/mol. The molecule has 0 spiro atoms. The largest absolute Gasteiger partial charge is 0.271 e.